The normalized spacial score (nSPS) is 16.0. The number of nitrogens with zero attached hydrogens (tertiary/aromatic N) is 2. The van der Waals surface area contributed by atoms with Crippen LogP contribution in [-0.4, -0.2) is 37.7 Å². The molecule has 0 aromatic heterocycles. The van der Waals surface area contributed by atoms with Gasteiger partial charge in [0, 0.05) is 13.6 Å². The Bertz CT molecular complexity index is 784. The average Bonchev–Trinajstić information content (AvgIpc) is 3.15. The van der Waals surface area contributed by atoms with Crippen molar-refractivity contribution in [1.82, 2.24) is 10.2 Å². The third-order valence-electron chi connectivity index (χ3n) is 4.23. The fourth-order valence-corrected chi connectivity index (χ4v) is 2.99. The molecule has 0 aliphatic carbocycles. The molecule has 1 unspecified atom stereocenters. The third kappa shape index (κ3) is 4.87. The van der Waals surface area contributed by atoms with Crippen LogP contribution in [0.2, 0.25) is 0 Å². The van der Waals surface area contributed by atoms with Crippen LogP contribution in [0.15, 0.2) is 53.5 Å². The molecule has 1 aliphatic heterocycles. The Hall–Kier alpha value is -2.83. The van der Waals surface area contributed by atoms with Crippen LogP contribution in [0.25, 0.3) is 0 Å². The molecule has 1 atom stereocenters. The van der Waals surface area contributed by atoms with Gasteiger partial charge in [0.25, 0.3) is 0 Å². The van der Waals surface area contributed by atoms with Gasteiger partial charge < -0.3 is 19.7 Å². The topological polar surface area (TPSA) is 46.1 Å². The van der Waals surface area contributed by atoms with Crippen LogP contribution in [-0.2, 0) is 6.54 Å². The molecular formula is C20H23F2N3O2. The molecule has 0 saturated carbocycles. The van der Waals surface area contributed by atoms with E-state index in [0.717, 1.165) is 11.5 Å². The van der Waals surface area contributed by atoms with E-state index < -0.39 is 6.61 Å². The lowest BCUT2D eigenvalue weighted by atomic mass is 10.1. The minimum atomic E-state index is -2.88. The summed E-state index contributed by atoms with van der Waals surface area (Å²) in [5, 5.41) is 3.43. The van der Waals surface area contributed by atoms with Crippen molar-refractivity contribution in [3.63, 3.8) is 0 Å². The molecule has 0 radical (unpaired) electrons. The van der Waals surface area contributed by atoms with Gasteiger partial charge in [-0.15, -0.1) is 0 Å². The zero-order chi connectivity index (χ0) is 19.2. The van der Waals surface area contributed by atoms with Crippen LogP contribution in [0.4, 0.5) is 8.78 Å². The molecule has 0 bridgehead atoms. The lowest BCUT2D eigenvalue weighted by molar-refractivity contribution is -0.0514. The van der Waals surface area contributed by atoms with Gasteiger partial charge >= 0.3 is 6.61 Å². The van der Waals surface area contributed by atoms with Crippen LogP contribution in [0.3, 0.4) is 0 Å². The molecule has 144 valence electrons. The molecule has 3 rings (SSSR count). The SMILES string of the molecule is CCOc1cc(CN(C)C2=NCC(c3ccccc3)N2)ccc1OC(F)F. The van der Waals surface area contributed by atoms with Gasteiger partial charge in [-0.2, -0.15) is 8.78 Å². The second-order valence-electron chi connectivity index (χ2n) is 6.22. The standard InChI is InChI=1S/C20H23F2N3O2/c1-3-26-18-11-14(9-10-17(18)27-19(21)22)13-25(2)20-23-12-16(24-20)15-7-5-4-6-8-15/h4-11,16,19H,3,12-13H2,1-2H3,(H,23,24). The summed E-state index contributed by atoms with van der Waals surface area (Å²) in [6.45, 7) is 0.513. The molecular weight excluding hydrogens is 352 g/mol. The number of benzene rings is 2. The number of ether oxygens (including phenoxy) is 2. The third-order valence-corrected chi connectivity index (χ3v) is 4.23. The van der Waals surface area contributed by atoms with E-state index in [2.05, 4.69) is 27.2 Å². The predicted octanol–water partition coefficient (Wildman–Crippen LogP) is 3.82. The summed E-state index contributed by atoms with van der Waals surface area (Å²) in [7, 11) is 1.93. The molecule has 2 aromatic carbocycles. The highest BCUT2D eigenvalue weighted by Gasteiger charge is 2.21. The van der Waals surface area contributed by atoms with E-state index in [-0.39, 0.29) is 11.8 Å². The van der Waals surface area contributed by atoms with Gasteiger partial charge in [0.05, 0.1) is 19.2 Å². The molecule has 0 fully saturated rings. The van der Waals surface area contributed by atoms with E-state index >= 15 is 0 Å². The second-order valence-corrected chi connectivity index (χ2v) is 6.22. The average molecular weight is 375 g/mol. The quantitative estimate of drug-likeness (QED) is 0.799. The van der Waals surface area contributed by atoms with Gasteiger partial charge in [-0.05, 0) is 30.2 Å². The Labute approximate surface area is 157 Å². The summed E-state index contributed by atoms with van der Waals surface area (Å²) < 4.78 is 35.0. The van der Waals surface area contributed by atoms with Crippen LogP contribution in [0.1, 0.15) is 24.1 Å². The van der Waals surface area contributed by atoms with Gasteiger partial charge in [0.1, 0.15) is 0 Å². The minimum Gasteiger partial charge on any atom is -0.490 e. The van der Waals surface area contributed by atoms with Crippen molar-refractivity contribution < 1.29 is 18.3 Å². The first-order valence-corrected chi connectivity index (χ1v) is 8.84. The van der Waals surface area contributed by atoms with E-state index in [1.165, 1.54) is 11.6 Å². The van der Waals surface area contributed by atoms with E-state index in [4.69, 9.17) is 4.74 Å². The molecule has 0 saturated heterocycles. The van der Waals surface area contributed by atoms with E-state index in [1.54, 1.807) is 19.1 Å². The fraction of sp³-hybridized carbons (Fsp3) is 0.350. The van der Waals surface area contributed by atoms with Gasteiger partial charge in [-0.1, -0.05) is 36.4 Å². The number of hydrogen-bond acceptors (Lipinski definition) is 5. The number of halogens is 2. The van der Waals surface area contributed by atoms with Crippen molar-refractivity contribution in [2.45, 2.75) is 26.1 Å². The van der Waals surface area contributed by atoms with Crippen LogP contribution in [0.5, 0.6) is 11.5 Å². The first-order chi connectivity index (χ1) is 13.1. The first kappa shape index (κ1) is 18.9. The molecule has 7 heteroatoms. The largest absolute Gasteiger partial charge is 0.490 e. The number of nitrogens with one attached hydrogen (secondary N) is 1. The van der Waals surface area contributed by atoms with Crippen LogP contribution in [0, 0.1) is 0 Å². The molecule has 2 aromatic rings. The highest BCUT2D eigenvalue weighted by molar-refractivity contribution is 5.82. The van der Waals surface area contributed by atoms with Crippen molar-refractivity contribution >= 4 is 5.96 Å². The summed E-state index contributed by atoms with van der Waals surface area (Å²) in [5.74, 6) is 1.15. The fourth-order valence-electron chi connectivity index (χ4n) is 2.99. The zero-order valence-corrected chi connectivity index (χ0v) is 15.4. The van der Waals surface area contributed by atoms with Crippen molar-refractivity contribution in [2.24, 2.45) is 4.99 Å². The van der Waals surface area contributed by atoms with Crippen molar-refractivity contribution in [3.8, 4) is 11.5 Å². The number of rotatable bonds is 7. The number of alkyl halides is 2. The second kappa shape index (κ2) is 8.70. The molecule has 1 aliphatic rings. The van der Waals surface area contributed by atoms with E-state index in [1.807, 2.05) is 30.1 Å². The molecule has 1 heterocycles. The Kier molecular flexibility index (Phi) is 6.11. The number of hydrogen-bond donors (Lipinski definition) is 1. The van der Waals surface area contributed by atoms with Crippen molar-refractivity contribution in [3.05, 3.63) is 59.7 Å². The number of guanidine groups is 1. The van der Waals surface area contributed by atoms with E-state index in [0.29, 0.717) is 25.4 Å². The van der Waals surface area contributed by atoms with Crippen LogP contribution < -0.4 is 14.8 Å². The van der Waals surface area contributed by atoms with Gasteiger partial charge in [0.2, 0.25) is 0 Å². The van der Waals surface area contributed by atoms with Gasteiger partial charge in [-0.25, -0.2) is 0 Å². The maximum absolute atomic E-state index is 12.5. The summed E-state index contributed by atoms with van der Waals surface area (Å²) in [6, 6.07) is 15.3. The summed E-state index contributed by atoms with van der Waals surface area (Å²) >= 11 is 0. The maximum atomic E-state index is 12.5. The molecule has 0 amide bonds. The smallest absolute Gasteiger partial charge is 0.387 e. The highest BCUT2D eigenvalue weighted by atomic mass is 19.3. The van der Waals surface area contributed by atoms with Crippen molar-refractivity contribution in [1.29, 1.82) is 0 Å². The van der Waals surface area contributed by atoms with Crippen molar-refractivity contribution in [2.75, 3.05) is 20.2 Å². The van der Waals surface area contributed by atoms with Gasteiger partial charge in [-0.3, -0.25) is 4.99 Å². The predicted molar refractivity (Wildman–Crippen MR) is 100 cm³/mol. The monoisotopic (exact) mass is 375 g/mol. The molecule has 5 nitrogen and oxygen atoms in total. The summed E-state index contributed by atoms with van der Waals surface area (Å²) in [6.07, 6.45) is 0. The Morgan fingerprint density at radius 3 is 2.67 bits per heavy atom. The van der Waals surface area contributed by atoms with E-state index in [9.17, 15) is 8.78 Å². The molecule has 27 heavy (non-hydrogen) atoms. The Balaban J connectivity index is 1.65. The Morgan fingerprint density at radius 2 is 1.96 bits per heavy atom. The van der Waals surface area contributed by atoms with Gasteiger partial charge in [0.15, 0.2) is 17.5 Å². The summed E-state index contributed by atoms with van der Waals surface area (Å²) in [4.78, 5) is 6.57. The highest BCUT2D eigenvalue weighted by Crippen LogP contribution is 2.30. The number of aliphatic imine (C=N–C) groups is 1. The zero-order valence-electron chi connectivity index (χ0n) is 15.4. The molecule has 1 N–H and O–H groups in total. The minimum absolute atomic E-state index is 0.0405. The first-order valence-electron chi connectivity index (χ1n) is 8.84. The summed E-state index contributed by atoms with van der Waals surface area (Å²) in [5.41, 5.74) is 2.10. The maximum Gasteiger partial charge on any atom is 0.387 e. The lowest BCUT2D eigenvalue weighted by Crippen LogP contribution is -2.36. The lowest BCUT2D eigenvalue weighted by Gasteiger charge is -2.22. The van der Waals surface area contributed by atoms with Crippen LogP contribution >= 0.6 is 0 Å². The Morgan fingerprint density at radius 1 is 1.19 bits per heavy atom. The molecule has 0 spiro atoms.